The molecule has 1 nitrogen and oxygen atoms in total. The van der Waals surface area contributed by atoms with Crippen LogP contribution in [0.4, 0.5) is 0 Å². The van der Waals surface area contributed by atoms with Crippen molar-refractivity contribution in [3.05, 3.63) is 65.8 Å². The Balaban J connectivity index is 2.21. The third kappa shape index (κ3) is 4.58. The molecule has 0 aromatic heterocycles. The predicted octanol–water partition coefficient (Wildman–Crippen LogP) is 5.44. The Morgan fingerprint density at radius 2 is 1.80 bits per heavy atom. The van der Waals surface area contributed by atoms with E-state index in [1.54, 1.807) is 0 Å². The number of nitrogens with one attached hydrogen (secondary N) is 1. The van der Waals surface area contributed by atoms with Gasteiger partial charge in [-0.05, 0) is 93.5 Å². The largest absolute Gasteiger partial charge is 0.310 e. The molecule has 0 bridgehead atoms. The van der Waals surface area contributed by atoms with E-state index in [9.17, 15) is 0 Å². The van der Waals surface area contributed by atoms with Crippen LogP contribution in [-0.4, -0.2) is 6.54 Å². The zero-order valence-electron chi connectivity index (χ0n) is 11.2. The lowest BCUT2D eigenvalue weighted by atomic mass is 9.99. The van der Waals surface area contributed by atoms with Gasteiger partial charge < -0.3 is 5.32 Å². The molecule has 0 aliphatic heterocycles. The molecule has 1 unspecified atom stereocenters. The van der Waals surface area contributed by atoms with E-state index in [4.69, 9.17) is 11.6 Å². The molecule has 0 saturated carbocycles. The average molecular weight is 512 g/mol. The topological polar surface area (TPSA) is 12.0 Å². The Morgan fingerprint density at radius 1 is 1.10 bits per heavy atom. The summed E-state index contributed by atoms with van der Waals surface area (Å²) in [7, 11) is 0. The minimum absolute atomic E-state index is 0.301. The Labute approximate surface area is 152 Å². The van der Waals surface area contributed by atoms with E-state index in [2.05, 4.69) is 99.9 Å². The van der Waals surface area contributed by atoms with Crippen molar-refractivity contribution in [3.8, 4) is 0 Å². The third-order valence-corrected chi connectivity index (χ3v) is 5.44. The van der Waals surface area contributed by atoms with Crippen molar-refractivity contribution in [2.24, 2.45) is 0 Å². The van der Waals surface area contributed by atoms with E-state index in [0.29, 0.717) is 6.04 Å². The first-order chi connectivity index (χ1) is 9.60. The summed E-state index contributed by atoms with van der Waals surface area (Å²) in [6, 6.07) is 15.3. The highest BCUT2D eigenvalue weighted by molar-refractivity contribution is 14.1. The number of halogens is 3. The highest BCUT2D eigenvalue weighted by Gasteiger charge is 2.12. The zero-order valence-corrected chi connectivity index (χ0v) is 16.2. The first kappa shape index (κ1) is 16.5. The molecular formula is C16H16ClI2N. The first-order valence-corrected chi connectivity index (χ1v) is 9.06. The van der Waals surface area contributed by atoms with Crippen LogP contribution in [0.2, 0.25) is 5.02 Å². The Hall–Kier alpha value is 0.150. The molecule has 0 aliphatic carbocycles. The molecule has 0 saturated heterocycles. The van der Waals surface area contributed by atoms with Crippen LogP contribution in [0, 0.1) is 7.14 Å². The van der Waals surface area contributed by atoms with Crippen LogP contribution in [0.5, 0.6) is 0 Å². The second-order valence-corrected chi connectivity index (χ2v) is 7.43. The molecule has 4 heteroatoms. The molecule has 1 atom stereocenters. The molecule has 1 N–H and O–H groups in total. The SMILES string of the molecule is CCNC(Cc1ccc(I)cc1)c1ccc(I)c(Cl)c1. The lowest BCUT2D eigenvalue weighted by Gasteiger charge is -2.19. The van der Waals surface area contributed by atoms with Crippen molar-refractivity contribution in [2.75, 3.05) is 6.54 Å². The van der Waals surface area contributed by atoms with Crippen molar-refractivity contribution >= 4 is 56.8 Å². The lowest BCUT2D eigenvalue weighted by molar-refractivity contribution is 0.550. The summed E-state index contributed by atoms with van der Waals surface area (Å²) < 4.78 is 2.36. The van der Waals surface area contributed by atoms with Gasteiger partial charge in [0.15, 0.2) is 0 Å². The number of hydrogen-bond acceptors (Lipinski definition) is 1. The van der Waals surface area contributed by atoms with Crippen LogP contribution >= 0.6 is 56.8 Å². The minimum Gasteiger partial charge on any atom is -0.310 e. The quantitative estimate of drug-likeness (QED) is 0.527. The van der Waals surface area contributed by atoms with Crippen LogP contribution in [0.25, 0.3) is 0 Å². The van der Waals surface area contributed by atoms with Gasteiger partial charge in [-0.1, -0.05) is 36.7 Å². The van der Waals surface area contributed by atoms with Crippen LogP contribution < -0.4 is 5.32 Å². The number of likely N-dealkylation sites (N-methyl/N-ethyl adjacent to an activating group) is 1. The normalized spacial score (nSPS) is 12.4. The zero-order chi connectivity index (χ0) is 14.5. The number of benzene rings is 2. The summed E-state index contributed by atoms with van der Waals surface area (Å²) in [4.78, 5) is 0. The highest BCUT2D eigenvalue weighted by atomic mass is 127. The fraction of sp³-hybridized carbons (Fsp3) is 0.250. The van der Waals surface area contributed by atoms with Crippen molar-refractivity contribution in [1.29, 1.82) is 0 Å². The molecule has 20 heavy (non-hydrogen) atoms. The van der Waals surface area contributed by atoms with Crippen LogP contribution in [-0.2, 0) is 6.42 Å². The van der Waals surface area contributed by atoms with Gasteiger partial charge in [0.2, 0.25) is 0 Å². The van der Waals surface area contributed by atoms with E-state index >= 15 is 0 Å². The molecule has 0 amide bonds. The lowest BCUT2D eigenvalue weighted by Crippen LogP contribution is -2.23. The molecule has 106 valence electrons. The molecule has 2 rings (SSSR count). The van der Waals surface area contributed by atoms with E-state index in [1.165, 1.54) is 14.7 Å². The summed E-state index contributed by atoms with van der Waals surface area (Å²) in [5.74, 6) is 0. The second kappa shape index (κ2) is 7.96. The van der Waals surface area contributed by atoms with Gasteiger partial charge in [-0.15, -0.1) is 0 Å². The van der Waals surface area contributed by atoms with Crippen molar-refractivity contribution < 1.29 is 0 Å². The minimum atomic E-state index is 0.301. The maximum Gasteiger partial charge on any atom is 0.0542 e. The Bertz CT molecular complexity index is 569. The molecular weight excluding hydrogens is 495 g/mol. The van der Waals surface area contributed by atoms with E-state index in [1.807, 2.05) is 0 Å². The average Bonchev–Trinajstić information content (AvgIpc) is 2.44. The summed E-state index contributed by atoms with van der Waals surface area (Å²) in [6.45, 7) is 3.08. The maximum absolute atomic E-state index is 6.25. The molecule has 0 spiro atoms. The standard InChI is InChI=1S/C16H16ClI2N/c1-2-20-16(9-11-3-6-13(18)7-4-11)12-5-8-15(19)14(17)10-12/h3-8,10,16,20H,2,9H2,1H3. The predicted molar refractivity (Wildman–Crippen MR) is 103 cm³/mol. The van der Waals surface area contributed by atoms with Gasteiger partial charge >= 0.3 is 0 Å². The molecule has 0 fully saturated rings. The monoisotopic (exact) mass is 511 g/mol. The van der Waals surface area contributed by atoms with Crippen LogP contribution in [0.3, 0.4) is 0 Å². The van der Waals surface area contributed by atoms with E-state index in [0.717, 1.165) is 21.6 Å². The third-order valence-electron chi connectivity index (χ3n) is 3.15. The van der Waals surface area contributed by atoms with Gasteiger partial charge in [0.1, 0.15) is 0 Å². The molecule has 0 heterocycles. The molecule has 2 aromatic rings. The van der Waals surface area contributed by atoms with Crippen LogP contribution in [0.1, 0.15) is 24.1 Å². The summed E-state index contributed by atoms with van der Waals surface area (Å²) in [6.07, 6.45) is 0.974. The fourth-order valence-electron chi connectivity index (χ4n) is 2.14. The van der Waals surface area contributed by atoms with Gasteiger partial charge in [-0.2, -0.15) is 0 Å². The van der Waals surface area contributed by atoms with Crippen molar-refractivity contribution in [2.45, 2.75) is 19.4 Å². The van der Waals surface area contributed by atoms with E-state index in [-0.39, 0.29) is 0 Å². The Morgan fingerprint density at radius 3 is 2.40 bits per heavy atom. The fourth-order valence-corrected chi connectivity index (χ4v) is 3.02. The summed E-state index contributed by atoms with van der Waals surface area (Å²) in [5, 5.41) is 4.37. The number of rotatable bonds is 5. The van der Waals surface area contributed by atoms with E-state index < -0.39 is 0 Å². The van der Waals surface area contributed by atoms with Gasteiger partial charge in [-0.25, -0.2) is 0 Å². The van der Waals surface area contributed by atoms with Gasteiger partial charge in [0.05, 0.1) is 5.02 Å². The van der Waals surface area contributed by atoms with Gasteiger partial charge in [0.25, 0.3) is 0 Å². The maximum atomic E-state index is 6.25. The number of hydrogen-bond donors (Lipinski definition) is 1. The van der Waals surface area contributed by atoms with Gasteiger partial charge in [0, 0.05) is 13.2 Å². The molecule has 0 radical (unpaired) electrons. The van der Waals surface area contributed by atoms with Crippen molar-refractivity contribution in [3.63, 3.8) is 0 Å². The second-order valence-electron chi connectivity index (χ2n) is 4.61. The van der Waals surface area contributed by atoms with Gasteiger partial charge in [-0.3, -0.25) is 0 Å². The smallest absolute Gasteiger partial charge is 0.0542 e. The van der Waals surface area contributed by atoms with Crippen molar-refractivity contribution in [1.82, 2.24) is 5.32 Å². The molecule has 2 aromatic carbocycles. The van der Waals surface area contributed by atoms with Crippen LogP contribution in [0.15, 0.2) is 42.5 Å². The summed E-state index contributed by atoms with van der Waals surface area (Å²) in [5.41, 5.74) is 2.59. The Kier molecular flexibility index (Phi) is 6.58. The first-order valence-electron chi connectivity index (χ1n) is 6.53. The molecule has 0 aliphatic rings. The highest BCUT2D eigenvalue weighted by Crippen LogP contribution is 2.25. The summed E-state index contributed by atoms with van der Waals surface area (Å²) >= 11 is 10.8.